The lowest BCUT2D eigenvalue weighted by molar-refractivity contribution is -0.147. The van der Waals surface area contributed by atoms with Crippen LogP contribution in [0, 0.1) is 0 Å². The van der Waals surface area contributed by atoms with E-state index in [1.54, 1.807) is 0 Å². The highest BCUT2D eigenvalue weighted by molar-refractivity contribution is 7.47. The maximum atomic E-state index is 11.9. The van der Waals surface area contributed by atoms with Crippen LogP contribution in [-0.2, 0) is 23.1 Å². The Morgan fingerprint density at radius 1 is 0.517 bits per heavy atom. The molecule has 2 unspecified atom stereocenters. The Morgan fingerprint density at radius 2 is 0.862 bits per heavy atom. The largest absolute Gasteiger partial charge is 0.472 e. The summed E-state index contributed by atoms with van der Waals surface area (Å²) in [6.07, 6.45) is 60.5. The number of rotatable bonds is 46. The van der Waals surface area contributed by atoms with Crippen molar-refractivity contribution in [1.29, 1.82) is 0 Å². The van der Waals surface area contributed by atoms with E-state index < -0.39 is 20.5 Å². The molecule has 0 aromatic rings. The topological polar surface area (TPSA) is 128 Å². The fraction of sp³-hybridized carbons (Fsp3) is 0.816. The van der Waals surface area contributed by atoms with Gasteiger partial charge in [0.05, 0.1) is 13.2 Å². The zero-order chi connectivity index (χ0) is 42.3. The molecule has 0 aliphatic carbocycles. The minimum atomic E-state index is -4.25. The molecular weight excluding hydrogens is 746 g/mol. The summed E-state index contributed by atoms with van der Waals surface area (Å²) < 4.78 is 25.8. The van der Waals surface area contributed by atoms with Gasteiger partial charge in [0.1, 0.15) is 12.7 Å². The Kier molecular flexibility index (Phi) is 45.3. The van der Waals surface area contributed by atoms with E-state index in [0.29, 0.717) is 6.42 Å². The highest BCUT2D eigenvalue weighted by atomic mass is 31.2. The average Bonchev–Trinajstić information content (AvgIpc) is 3.22. The molecule has 0 radical (unpaired) electrons. The molecule has 0 aliphatic heterocycles. The Hall–Kier alpha value is -1.54. The Balaban J connectivity index is 3.26. The van der Waals surface area contributed by atoms with Crippen molar-refractivity contribution in [2.45, 2.75) is 231 Å². The van der Waals surface area contributed by atoms with Crippen molar-refractivity contribution in [3.05, 3.63) is 48.6 Å². The number of aliphatic hydroxyl groups is 1. The smallest absolute Gasteiger partial charge is 0.463 e. The lowest BCUT2D eigenvalue weighted by atomic mass is 10.0. The fourth-order valence-corrected chi connectivity index (χ4v) is 7.69. The van der Waals surface area contributed by atoms with Gasteiger partial charge in [-0.05, 0) is 44.9 Å². The van der Waals surface area contributed by atoms with Gasteiger partial charge in [0.2, 0.25) is 0 Å². The molecule has 4 N–H and O–H groups in total. The van der Waals surface area contributed by atoms with Crippen LogP contribution in [0.25, 0.3) is 0 Å². The summed E-state index contributed by atoms with van der Waals surface area (Å²) in [5, 5.41) is 9.78. The van der Waals surface area contributed by atoms with Crippen LogP contribution in [-0.4, -0.2) is 48.4 Å². The third kappa shape index (κ3) is 47.1. The van der Waals surface area contributed by atoms with Gasteiger partial charge in [0.15, 0.2) is 0 Å². The van der Waals surface area contributed by atoms with E-state index >= 15 is 0 Å². The first-order valence-electron chi connectivity index (χ1n) is 24.2. The lowest BCUT2D eigenvalue weighted by Crippen LogP contribution is -2.23. The summed E-state index contributed by atoms with van der Waals surface area (Å²) in [5.74, 6) is -0.380. The molecule has 340 valence electrons. The fourth-order valence-electron chi connectivity index (χ4n) is 6.92. The number of aliphatic hydroxyl groups excluding tert-OH is 1. The molecule has 0 amide bonds. The number of carbonyl (C=O) groups is 1. The minimum Gasteiger partial charge on any atom is -0.463 e. The third-order valence-corrected chi connectivity index (χ3v) is 11.4. The van der Waals surface area contributed by atoms with Gasteiger partial charge in [-0.3, -0.25) is 13.8 Å². The highest BCUT2D eigenvalue weighted by Crippen LogP contribution is 2.42. The van der Waals surface area contributed by atoms with Crippen molar-refractivity contribution in [1.82, 2.24) is 0 Å². The van der Waals surface area contributed by atoms with E-state index in [4.69, 9.17) is 10.5 Å². The van der Waals surface area contributed by atoms with Gasteiger partial charge in [-0.25, -0.2) is 4.57 Å². The molecule has 0 aromatic carbocycles. The zero-order valence-corrected chi connectivity index (χ0v) is 38.4. The Labute approximate surface area is 357 Å². The maximum absolute atomic E-state index is 11.9. The van der Waals surface area contributed by atoms with Gasteiger partial charge in [-0.15, -0.1) is 0 Å². The number of nitrogens with two attached hydrogens (primary N) is 1. The second-order valence-corrected chi connectivity index (χ2v) is 17.6. The predicted octanol–water partition coefficient (Wildman–Crippen LogP) is 14.5. The molecule has 58 heavy (non-hydrogen) atoms. The molecular formula is C49H92NO7P. The number of carbonyl (C=O) groups excluding carboxylic acids is 1. The molecule has 0 spiro atoms. The lowest BCUT2D eigenvalue weighted by Gasteiger charge is -2.15. The van der Waals surface area contributed by atoms with Crippen molar-refractivity contribution in [3.63, 3.8) is 0 Å². The van der Waals surface area contributed by atoms with Crippen LogP contribution in [0.15, 0.2) is 48.6 Å². The van der Waals surface area contributed by atoms with Crippen molar-refractivity contribution in [3.8, 4) is 0 Å². The standard InChI is InChI=1S/C49H92NO7P/c1-2-3-4-5-6-7-8-9-10-11-12-13-14-15-16-17-18-19-20-21-22-23-24-25-26-27-28-29-30-31-32-33-34-35-36-37-38-39-40-41-42-43-49(52)55-46-48(51)47-57-58(53,54)56-45-44-50/h3-4,6-7,9-10,12-13,48,51H,2,5,8,11,14-47,50H2,1H3,(H,53,54)/b4-3-,7-6-,10-9-,13-12-. The van der Waals surface area contributed by atoms with Crippen LogP contribution in [0.3, 0.4) is 0 Å². The number of esters is 1. The van der Waals surface area contributed by atoms with Crippen molar-refractivity contribution in [2.75, 3.05) is 26.4 Å². The number of unbranched alkanes of at least 4 members (excludes halogenated alkanes) is 28. The summed E-state index contributed by atoms with van der Waals surface area (Å²) >= 11 is 0. The van der Waals surface area contributed by atoms with E-state index in [2.05, 4.69) is 64.6 Å². The molecule has 0 heterocycles. The maximum Gasteiger partial charge on any atom is 0.472 e. The SMILES string of the molecule is CC/C=C\C/C=C\C/C=C\C/C=C\CCCCCCCCCCCCCCCCCCCCCCCCCCCCCCC(=O)OCC(O)COP(=O)(O)OCCN. The first kappa shape index (κ1) is 56.5. The average molecular weight is 838 g/mol. The number of hydrogen-bond donors (Lipinski definition) is 3. The second kappa shape index (κ2) is 46.5. The van der Waals surface area contributed by atoms with Gasteiger partial charge in [0, 0.05) is 13.0 Å². The highest BCUT2D eigenvalue weighted by Gasteiger charge is 2.22. The van der Waals surface area contributed by atoms with Crippen LogP contribution < -0.4 is 5.73 Å². The van der Waals surface area contributed by atoms with Gasteiger partial charge in [-0.2, -0.15) is 0 Å². The predicted molar refractivity (Wildman–Crippen MR) is 247 cm³/mol. The third-order valence-electron chi connectivity index (χ3n) is 10.5. The second-order valence-electron chi connectivity index (χ2n) is 16.2. The quantitative estimate of drug-likeness (QED) is 0.0239. The molecule has 0 rings (SSSR count). The molecule has 0 bridgehead atoms. The molecule has 0 saturated heterocycles. The van der Waals surface area contributed by atoms with Crippen LogP contribution in [0.2, 0.25) is 0 Å². The van der Waals surface area contributed by atoms with Crippen LogP contribution in [0.1, 0.15) is 225 Å². The molecule has 0 saturated carbocycles. The van der Waals surface area contributed by atoms with E-state index in [1.165, 1.54) is 167 Å². The van der Waals surface area contributed by atoms with E-state index in [0.717, 1.165) is 44.9 Å². The molecule has 0 aliphatic rings. The zero-order valence-electron chi connectivity index (χ0n) is 37.5. The molecule has 2 atom stereocenters. The van der Waals surface area contributed by atoms with Crippen LogP contribution >= 0.6 is 7.82 Å². The van der Waals surface area contributed by atoms with Crippen molar-refractivity contribution >= 4 is 13.8 Å². The normalized spacial score (nSPS) is 13.8. The Bertz CT molecular complexity index is 1030. The number of allylic oxidation sites excluding steroid dienone is 8. The van der Waals surface area contributed by atoms with Gasteiger partial charge < -0.3 is 20.5 Å². The summed E-state index contributed by atoms with van der Waals surface area (Å²) in [6.45, 7) is 1.37. The van der Waals surface area contributed by atoms with Gasteiger partial charge in [0.25, 0.3) is 0 Å². The number of phosphoric ester groups is 1. The number of hydrogen-bond acceptors (Lipinski definition) is 7. The first-order chi connectivity index (χ1) is 28.4. The van der Waals surface area contributed by atoms with E-state index in [9.17, 15) is 19.4 Å². The summed E-state index contributed by atoms with van der Waals surface area (Å²) in [5.41, 5.74) is 5.21. The van der Waals surface area contributed by atoms with Gasteiger partial charge >= 0.3 is 13.8 Å². The van der Waals surface area contributed by atoms with Gasteiger partial charge in [-0.1, -0.05) is 222 Å². The van der Waals surface area contributed by atoms with Crippen molar-refractivity contribution in [2.24, 2.45) is 5.73 Å². The minimum absolute atomic E-state index is 0.0754. The monoisotopic (exact) mass is 838 g/mol. The van der Waals surface area contributed by atoms with Crippen LogP contribution in [0.4, 0.5) is 0 Å². The van der Waals surface area contributed by atoms with Crippen molar-refractivity contribution < 1.29 is 33.1 Å². The summed E-state index contributed by atoms with van der Waals surface area (Å²) in [4.78, 5) is 21.3. The van der Waals surface area contributed by atoms with E-state index in [1.807, 2.05) is 0 Å². The Morgan fingerprint density at radius 3 is 1.24 bits per heavy atom. The summed E-state index contributed by atoms with van der Waals surface area (Å²) in [6, 6.07) is 0. The molecule has 8 nitrogen and oxygen atoms in total. The molecule has 0 aromatic heterocycles. The number of phosphoric acid groups is 1. The first-order valence-corrected chi connectivity index (χ1v) is 25.7. The molecule has 9 heteroatoms. The summed E-state index contributed by atoms with van der Waals surface area (Å²) in [7, 11) is -4.25. The number of ether oxygens (including phenoxy) is 1. The van der Waals surface area contributed by atoms with Crippen LogP contribution in [0.5, 0.6) is 0 Å². The van der Waals surface area contributed by atoms with E-state index in [-0.39, 0.29) is 25.7 Å². The molecule has 0 fully saturated rings.